The van der Waals surface area contributed by atoms with Gasteiger partial charge in [-0.15, -0.1) is 26.3 Å². The number of aliphatic hydroxyl groups excluding tert-OH is 4. The fourth-order valence-electron chi connectivity index (χ4n) is 27.2. The fourth-order valence-corrected chi connectivity index (χ4v) is 27.2. The van der Waals surface area contributed by atoms with Crippen LogP contribution in [0.1, 0.15) is 247 Å². The molecule has 12 aliphatic rings. The molecule has 8 bridgehead atoms. The number of primary amides is 1. The minimum absolute atomic E-state index is 0. The van der Waals surface area contributed by atoms with E-state index in [1.54, 1.807) is 45.6 Å². The van der Waals surface area contributed by atoms with Crippen LogP contribution >= 0.6 is 0 Å². The van der Waals surface area contributed by atoms with Gasteiger partial charge in [-0.05, 0) is 193 Å². The van der Waals surface area contributed by atoms with Gasteiger partial charge in [0.25, 0.3) is 6.48 Å². The molecule has 1 amide bonds. The number of nitrogens with zero attached hydrogens (tertiary/aromatic N) is 1. The van der Waals surface area contributed by atoms with Gasteiger partial charge in [-0.2, -0.15) is 0 Å². The summed E-state index contributed by atoms with van der Waals surface area (Å²) >= 11 is 0. The van der Waals surface area contributed by atoms with Crippen molar-refractivity contribution in [2.45, 2.75) is 302 Å². The maximum atomic E-state index is 13.6. The first kappa shape index (κ1) is 116. The summed E-state index contributed by atoms with van der Waals surface area (Å²) in [5, 5.41) is 56.2. The summed E-state index contributed by atoms with van der Waals surface area (Å²) < 4.78 is 48.8. The van der Waals surface area contributed by atoms with E-state index in [-0.39, 0.29) is 218 Å². The van der Waals surface area contributed by atoms with Gasteiger partial charge < -0.3 is 84.9 Å². The SMILES string of the molecule is C.C.C=C[C@]1(C)C[C@@H](O)[C@]2(C)[C@H](C)CC[C@]3(CC[C@@H](OC)[C@@H]32)[C@@H](C)C1=O.C=C[C@]1(C)C[C@@H](OC(=O)CO)C2[C@H](C)CC[C@]3(CC[C@@H](OC)[C@H]23)[C@@H](C)C1=O.C=C[C@]1(C)C[C@@H](OC(=O)CO)[C@]2(C)[C@H](C)CC[C@]3(CCC(=O)[C@H]32)[C@@H](C)[C@@H]1O.C=C[C@]1(C)C[C@@H](OC(N)=O)[C@]2(C)[C@H](C)CC[C@]3(CC[C@@H](OC)[C@@H]32)[C@@H](C)C1=O.COC(OC)OC.N#C[O-].O.[Na+].[Na+].[OH-]. The fraction of sp³-hybridized carbons (Fsp3) is 0.830. The third kappa shape index (κ3) is 20.3. The van der Waals surface area contributed by atoms with Crippen LogP contribution in [0.25, 0.3) is 0 Å². The zero-order chi connectivity index (χ0) is 86.7. The molecule has 0 spiro atoms. The topological polar surface area (TPSA) is 418 Å². The van der Waals surface area contributed by atoms with Crippen molar-refractivity contribution in [1.29, 1.82) is 5.26 Å². The Bertz CT molecular complexity index is 3540. The standard InChI is InChI=1S/C22H35NO4.2C22H34O5.C21H34O3.C4H10O3.CHNO.2CH4.2Na.2H2O/c1-7-20(4)12-16(27-19(23)25)21(5)13(2)8-10-22(14(3)18(20)24)11-9-15(26-6)17(21)22;1-6-20(4)11-16(27-17(25)12-23)21(5)13(2)7-9-22(14(3)19(20)26)10-8-15(24)18(21)22;1-6-21(4)11-16(27-17(24)12-23)18-13(2)7-9-22(14(3)20(21)25)10-8-15(26-5)19(18)22;1-7-19(4)12-16(22)20(5)13(2)8-10-21(14(3)18(19)23)11-9-15(24-6)17(20)21;1-5-4(6-2)7-3;2-1-3;;;;;;/h7,13-17H,1,8-12H2,2-6H3,(H2,23,25);6,13-14,16,18-19,23,26H,1,7-12H2,2-5H3;6,13-16,18-19,23H,1,7-12H2,2-5H3;7,13-17,22H,1,8-12H2,2-6H3;4H,1-3H3;3H;2*1H4;;;2*1H2/q;;;;;;;;2*+1;;/p-2/t13-,14+,15-,16-,17-,20-,21+,22+;13-,14+,16-,18+,19+,20-,21+,22+;13-,14+,15-,16-,18?,19-,21-,22+;13-,14+,15-,16-,17-,19-,20+,21+;;;;;;;;/m1111......../s1. The molecule has 0 aromatic carbocycles. The Kier molecular flexibility index (Phi) is 43.3. The predicted octanol–water partition coefficient (Wildman–Crippen LogP) is 7.45. The molecule has 0 aliphatic heterocycles. The number of methoxy groups -OCH3 is 6. The molecule has 1 unspecified atom stereocenters. The van der Waals surface area contributed by atoms with Crippen molar-refractivity contribution in [1.82, 2.24) is 0 Å². The van der Waals surface area contributed by atoms with Crippen molar-refractivity contribution >= 4 is 41.2 Å². The van der Waals surface area contributed by atoms with Gasteiger partial charge in [0, 0.05) is 142 Å². The molecule has 9 N–H and O–H groups in total. The molecule has 684 valence electrons. The summed E-state index contributed by atoms with van der Waals surface area (Å²) in [6, 6.07) is 0. The number of carbonyl (C=O) groups excluding carboxylic acids is 7. The number of esters is 2. The number of ether oxygens (including phenoxy) is 9. The van der Waals surface area contributed by atoms with Crippen LogP contribution < -0.4 is 70.0 Å². The van der Waals surface area contributed by atoms with Gasteiger partial charge in [0.2, 0.25) is 0 Å². The second-order valence-electron chi connectivity index (χ2n) is 39.0. The van der Waals surface area contributed by atoms with Gasteiger partial charge in [-0.3, -0.25) is 19.2 Å². The molecular formula is C94H158N2Na2O23. The number of Topliss-reactive ketones (excluding diaryl/α,β-unsaturated/α-hetero) is 4. The van der Waals surface area contributed by atoms with E-state index >= 15 is 0 Å². The number of nitrogens with two attached hydrogens (primary N) is 1. The molecule has 121 heavy (non-hydrogen) atoms. The van der Waals surface area contributed by atoms with E-state index in [1.807, 2.05) is 27.7 Å². The van der Waals surface area contributed by atoms with Crippen molar-refractivity contribution in [3.05, 3.63) is 50.6 Å². The monoisotopic (exact) mass is 1730 g/mol. The Balaban J connectivity index is 0.000000764. The van der Waals surface area contributed by atoms with Crippen LogP contribution in [0.3, 0.4) is 0 Å². The molecule has 0 heterocycles. The number of ketones is 4. The van der Waals surface area contributed by atoms with Crippen LogP contribution in [-0.2, 0) is 71.4 Å². The predicted molar refractivity (Wildman–Crippen MR) is 453 cm³/mol. The summed E-state index contributed by atoms with van der Waals surface area (Å²) in [6.45, 7) is 45.6. The van der Waals surface area contributed by atoms with Crippen molar-refractivity contribution < 1.29 is 172 Å². The summed E-state index contributed by atoms with van der Waals surface area (Å²) in [7, 11) is 9.83. The maximum Gasteiger partial charge on any atom is 1.00 e. The molecule has 0 radical (unpaired) electrons. The van der Waals surface area contributed by atoms with E-state index in [4.69, 9.17) is 44.5 Å². The minimum Gasteiger partial charge on any atom is -0.870 e. The van der Waals surface area contributed by atoms with Crippen molar-refractivity contribution in [3.63, 3.8) is 0 Å². The average molecular weight is 1730 g/mol. The van der Waals surface area contributed by atoms with Gasteiger partial charge in [0.05, 0.1) is 30.5 Å². The summed E-state index contributed by atoms with van der Waals surface area (Å²) in [6.07, 6.45) is 21.4. The summed E-state index contributed by atoms with van der Waals surface area (Å²) in [5.74, 6) is 1.21. The first-order valence-corrected chi connectivity index (χ1v) is 42.6. The second-order valence-corrected chi connectivity index (χ2v) is 39.0. The normalized spacial score (nSPS) is 44.2. The van der Waals surface area contributed by atoms with Crippen LogP contribution in [0.15, 0.2) is 50.6 Å². The largest absolute Gasteiger partial charge is 1.00 e. The number of nitriles is 1. The smallest absolute Gasteiger partial charge is 0.870 e. The number of hydrogen-bond acceptors (Lipinski definition) is 23. The molecular weight excluding hydrogens is 1570 g/mol. The van der Waals surface area contributed by atoms with Gasteiger partial charge in [-0.1, -0.05) is 122 Å². The number of carbonyl (C=O) groups is 7. The second kappa shape index (κ2) is 45.3. The Morgan fingerprint density at radius 2 is 0.893 bits per heavy atom. The minimum atomic E-state index is -0.774. The molecule has 12 fully saturated rings. The molecule has 25 nitrogen and oxygen atoms in total. The Hall–Kier alpha value is -3.34. The van der Waals surface area contributed by atoms with Crippen LogP contribution in [0, 0.1) is 148 Å². The number of allylic oxidation sites excluding steroid dienone is 3. The molecule has 12 saturated carbocycles. The molecule has 0 aromatic rings. The van der Waals surface area contributed by atoms with Gasteiger partial charge in [0.1, 0.15) is 54.7 Å². The zero-order valence-electron chi connectivity index (χ0n) is 76.6. The Morgan fingerprint density at radius 3 is 1.31 bits per heavy atom. The molecule has 32 atom stereocenters. The van der Waals surface area contributed by atoms with E-state index < -0.39 is 95.3 Å². The van der Waals surface area contributed by atoms with Crippen LogP contribution in [0.5, 0.6) is 0 Å². The molecule has 12 rings (SSSR count). The summed E-state index contributed by atoms with van der Waals surface area (Å²) in [4.78, 5) is 89.6. The molecule has 0 aromatic heterocycles. The number of aliphatic hydroxyl groups is 4. The van der Waals surface area contributed by atoms with Crippen LogP contribution in [-0.4, -0.2) is 184 Å². The van der Waals surface area contributed by atoms with Crippen molar-refractivity contribution in [2.75, 3.05) is 55.9 Å². The van der Waals surface area contributed by atoms with Crippen LogP contribution in [0.4, 0.5) is 4.79 Å². The maximum absolute atomic E-state index is 13.6. The Labute approximate surface area is 770 Å². The summed E-state index contributed by atoms with van der Waals surface area (Å²) in [5.41, 5.74) is 1.16. The van der Waals surface area contributed by atoms with Gasteiger partial charge in [0.15, 0.2) is 0 Å². The third-order valence-electron chi connectivity index (χ3n) is 34.8. The third-order valence-corrected chi connectivity index (χ3v) is 34.8. The van der Waals surface area contributed by atoms with Gasteiger partial charge >= 0.3 is 77.1 Å². The van der Waals surface area contributed by atoms with E-state index in [0.717, 1.165) is 96.3 Å². The molecule has 27 heteroatoms. The number of rotatable bonds is 15. The average Bonchev–Trinajstić information content (AvgIpc) is 1.63. The van der Waals surface area contributed by atoms with E-state index in [0.29, 0.717) is 56.1 Å². The van der Waals surface area contributed by atoms with E-state index in [9.17, 15) is 54.0 Å². The van der Waals surface area contributed by atoms with Crippen LogP contribution in [0.2, 0.25) is 0 Å². The number of amides is 1. The Morgan fingerprint density at radius 1 is 0.521 bits per heavy atom. The quantitative estimate of drug-likeness (QED) is 0.0265. The van der Waals surface area contributed by atoms with E-state index in [2.05, 4.69) is 117 Å². The molecule has 0 saturated heterocycles. The number of hydrogen-bond donors (Lipinski definition) is 5. The van der Waals surface area contributed by atoms with E-state index in [1.165, 1.54) is 21.3 Å². The van der Waals surface area contributed by atoms with Crippen molar-refractivity contribution in [2.24, 2.45) is 142 Å². The van der Waals surface area contributed by atoms with Gasteiger partial charge in [-0.25, -0.2) is 19.6 Å². The molecule has 12 aliphatic carbocycles. The van der Waals surface area contributed by atoms with Crippen molar-refractivity contribution in [3.8, 4) is 6.26 Å². The first-order chi connectivity index (χ1) is 53.8. The first-order valence-electron chi connectivity index (χ1n) is 42.6. The zero-order valence-corrected chi connectivity index (χ0v) is 80.6.